The van der Waals surface area contributed by atoms with E-state index >= 15 is 0 Å². The highest BCUT2D eigenvalue weighted by Crippen LogP contribution is 2.55. The van der Waals surface area contributed by atoms with Gasteiger partial charge in [-0.1, -0.05) is 27.7 Å². The smallest absolute Gasteiger partial charge is 0.176 e. The van der Waals surface area contributed by atoms with Crippen molar-refractivity contribution >= 4 is 0 Å². The van der Waals surface area contributed by atoms with Crippen LogP contribution in [0.5, 0.6) is 5.75 Å². The lowest BCUT2D eigenvalue weighted by molar-refractivity contribution is -0.134. The van der Waals surface area contributed by atoms with E-state index in [1.54, 1.807) is 6.07 Å². The fraction of sp³-hybridized carbons (Fsp3) is 0.571. The van der Waals surface area contributed by atoms with Gasteiger partial charge in [-0.05, 0) is 6.42 Å². The van der Waals surface area contributed by atoms with Crippen molar-refractivity contribution in [1.82, 2.24) is 4.98 Å². The number of pyridine rings is 1. The van der Waals surface area contributed by atoms with Gasteiger partial charge in [0.05, 0.1) is 6.20 Å². The molecule has 1 saturated carbocycles. The first-order valence-electron chi connectivity index (χ1n) is 5.98. The molecule has 0 saturated heterocycles. The Hall–Kier alpha value is -1.63. The van der Waals surface area contributed by atoms with Gasteiger partial charge in [-0.15, -0.1) is 0 Å². The minimum absolute atomic E-state index is 0.0270. The first-order chi connectivity index (χ1) is 8.26. The molecule has 1 fully saturated rings. The number of aromatic nitrogens is 1. The molecule has 1 heterocycles. The van der Waals surface area contributed by atoms with Crippen LogP contribution >= 0.6 is 0 Å². The summed E-state index contributed by atoms with van der Waals surface area (Å²) >= 11 is 0. The summed E-state index contributed by atoms with van der Waals surface area (Å²) in [6, 6.07) is 2.93. The van der Waals surface area contributed by atoms with E-state index in [4.69, 9.17) is 10.00 Å². The van der Waals surface area contributed by atoms with Crippen LogP contribution < -0.4 is 4.74 Å². The predicted octanol–water partition coefficient (Wildman–Crippen LogP) is 3.30. The van der Waals surface area contributed by atoms with Crippen molar-refractivity contribution in [1.29, 1.82) is 5.26 Å². The summed E-state index contributed by atoms with van der Waals surface area (Å²) in [7, 11) is 0. The second kappa shape index (κ2) is 3.94. The highest BCUT2D eigenvalue weighted by atomic mass is 19.1. The number of hydrogen-bond donors (Lipinski definition) is 0. The SMILES string of the molecule is CC1(C)CC(C)(C)C1Oc1cnc(C#N)c(F)c1. The Bertz CT molecular complexity index is 503. The van der Waals surface area contributed by atoms with Gasteiger partial charge in [0.15, 0.2) is 11.5 Å². The van der Waals surface area contributed by atoms with E-state index in [0.29, 0.717) is 5.75 Å². The van der Waals surface area contributed by atoms with Crippen LogP contribution in [0.4, 0.5) is 4.39 Å². The van der Waals surface area contributed by atoms with Crippen molar-refractivity contribution < 1.29 is 9.13 Å². The summed E-state index contributed by atoms with van der Waals surface area (Å²) in [5.41, 5.74) is -0.0450. The summed E-state index contributed by atoms with van der Waals surface area (Å²) in [6.45, 7) is 8.54. The minimum Gasteiger partial charge on any atom is -0.488 e. The van der Waals surface area contributed by atoms with Gasteiger partial charge in [0.25, 0.3) is 0 Å². The Morgan fingerprint density at radius 1 is 1.39 bits per heavy atom. The molecule has 0 radical (unpaired) electrons. The molecular formula is C14H17FN2O. The molecule has 96 valence electrons. The number of nitriles is 1. The molecule has 1 aromatic rings. The maximum absolute atomic E-state index is 13.4. The zero-order chi connectivity index (χ0) is 13.6. The Kier molecular flexibility index (Phi) is 2.81. The van der Waals surface area contributed by atoms with Gasteiger partial charge in [0.1, 0.15) is 17.9 Å². The Labute approximate surface area is 107 Å². The Morgan fingerprint density at radius 2 is 2.00 bits per heavy atom. The van der Waals surface area contributed by atoms with Crippen molar-refractivity contribution in [3.8, 4) is 11.8 Å². The second-order valence-corrected chi connectivity index (χ2v) is 6.27. The fourth-order valence-electron chi connectivity index (χ4n) is 3.31. The summed E-state index contributed by atoms with van der Waals surface area (Å²) in [5, 5.41) is 8.62. The third-order valence-corrected chi connectivity index (χ3v) is 3.51. The molecule has 18 heavy (non-hydrogen) atoms. The van der Waals surface area contributed by atoms with Crippen molar-refractivity contribution in [2.45, 2.75) is 40.2 Å². The van der Waals surface area contributed by atoms with Gasteiger partial charge in [0.2, 0.25) is 0 Å². The highest BCUT2D eigenvalue weighted by molar-refractivity contribution is 5.29. The van der Waals surface area contributed by atoms with Gasteiger partial charge in [-0.2, -0.15) is 5.26 Å². The van der Waals surface area contributed by atoms with E-state index in [1.807, 2.05) is 0 Å². The molecule has 0 aromatic carbocycles. The molecule has 4 heteroatoms. The molecule has 0 N–H and O–H groups in total. The molecule has 0 unspecified atom stereocenters. The topological polar surface area (TPSA) is 45.9 Å². The van der Waals surface area contributed by atoms with E-state index < -0.39 is 5.82 Å². The van der Waals surface area contributed by atoms with Crippen LogP contribution in [0.1, 0.15) is 39.8 Å². The fourth-order valence-corrected chi connectivity index (χ4v) is 3.31. The minimum atomic E-state index is -0.634. The quantitative estimate of drug-likeness (QED) is 0.806. The second-order valence-electron chi connectivity index (χ2n) is 6.27. The predicted molar refractivity (Wildman–Crippen MR) is 65.5 cm³/mol. The van der Waals surface area contributed by atoms with Crippen LogP contribution in [0.2, 0.25) is 0 Å². The largest absolute Gasteiger partial charge is 0.488 e. The summed E-state index contributed by atoms with van der Waals surface area (Å²) in [5.74, 6) is -0.248. The van der Waals surface area contributed by atoms with Crippen LogP contribution in [0.15, 0.2) is 12.3 Å². The molecule has 2 rings (SSSR count). The van der Waals surface area contributed by atoms with Crippen LogP contribution in [-0.4, -0.2) is 11.1 Å². The van der Waals surface area contributed by atoms with Gasteiger partial charge in [-0.25, -0.2) is 9.37 Å². The molecular weight excluding hydrogens is 231 g/mol. The van der Waals surface area contributed by atoms with E-state index in [9.17, 15) is 4.39 Å². The molecule has 1 aromatic heterocycles. The van der Waals surface area contributed by atoms with Crippen molar-refractivity contribution in [3.63, 3.8) is 0 Å². The number of hydrogen-bond acceptors (Lipinski definition) is 3. The number of nitrogens with zero attached hydrogens (tertiary/aromatic N) is 2. The van der Waals surface area contributed by atoms with E-state index in [2.05, 4.69) is 32.7 Å². The average molecular weight is 248 g/mol. The lowest BCUT2D eigenvalue weighted by Gasteiger charge is -2.56. The third-order valence-electron chi connectivity index (χ3n) is 3.51. The van der Waals surface area contributed by atoms with Gasteiger partial charge in [0, 0.05) is 16.9 Å². The molecule has 0 amide bonds. The lowest BCUT2D eigenvalue weighted by atomic mass is 9.53. The number of ether oxygens (including phenoxy) is 1. The molecule has 0 spiro atoms. The monoisotopic (exact) mass is 248 g/mol. The van der Waals surface area contributed by atoms with E-state index in [-0.39, 0.29) is 22.6 Å². The average Bonchev–Trinajstić information content (AvgIpc) is 2.24. The van der Waals surface area contributed by atoms with Gasteiger partial charge in [-0.3, -0.25) is 0 Å². The zero-order valence-electron chi connectivity index (χ0n) is 11.1. The summed E-state index contributed by atoms with van der Waals surface area (Å²) in [4.78, 5) is 3.74. The van der Waals surface area contributed by atoms with Crippen LogP contribution in [0, 0.1) is 28.0 Å². The molecule has 0 atom stereocenters. The number of rotatable bonds is 2. The summed E-state index contributed by atoms with van der Waals surface area (Å²) in [6.07, 6.45) is 2.50. The highest BCUT2D eigenvalue weighted by Gasteiger charge is 2.54. The Morgan fingerprint density at radius 3 is 2.44 bits per heavy atom. The first-order valence-corrected chi connectivity index (χ1v) is 5.98. The summed E-state index contributed by atoms with van der Waals surface area (Å²) < 4.78 is 19.3. The molecule has 1 aliphatic carbocycles. The molecule has 1 aliphatic rings. The Balaban J connectivity index is 2.20. The van der Waals surface area contributed by atoms with Gasteiger partial charge >= 0.3 is 0 Å². The van der Waals surface area contributed by atoms with Crippen molar-refractivity contribution in [2.24, 2.45) is 10.8 Å². The lowest BCUT2D eigenvalue weighted by Crippen LogP contribution is -2.58. The van der Waals surface area contributed by atoms with Crippen LogP contribution in [0.3, 0.4) is 0 Å². The van der Waals surface area contributed by atoms with Crippen LogP contribution in [-0.2, 0) is 0 Å². The van der Waals surface area contributed by atoms with Crippen molar-refractivity contribution in [3.05, 3.63) is 23.8 Å². The first kappa shape index (κ1) is 12.8. The number of halogens is 1. The van der Waals surface area contributed by atoms with Crippen molar-refractivity contribution in [2.75, 3.05) is 0 Å². The van der Waals surface area contributed by atoms with E-state index in [0.717, 1.165) is 6.42 Å². The molecule has 0 aliphatic heterocycles. The maximum Gasteiger partial charge on any atom is 0.176 e. The van der Waals surface area contributed by atoms with Gasteiger partial charge < -0.3 is 4.74 Å². The normalized spacial score (nSPS) is 20.9. The van der Waals surface area contributed by atoms with Crippen LogP contribution in [0.25, 0.3) is 0 Å². The molecule has 0 bridgehead atoms. The standard InChI is InChI=1S/C14H17FN2O/c1-13(2)8-14(3,4)12(13)18-9-5-10(15)11(6-16)17-7-9/h5,7,12H,8H2,1-4H3. The third kappa shape index (κ3) is 2.05. The maximum atomic E-state index is 13.4. The zero-order valence-corrected chi connectivity index (χ0v) is 11.1. The molecule has 3 nitrogen and oxygen atoms in total. The van der Waals surface area contributed by atoms with E-state index in [1.165, 1.54) is 12.3 Å².